The van der Waals surface area contributed by atoms with Crippen molar-refractivity contribution in [3.05, 3.63) is 41.2 Å². The van der Waals surface area contributed by atoms with Crippen LogP contribution in [-0.2, 0) is 13.1 Å². The average Bonchev–Trinajstić information content (AvgIpc) is 3.24. The van der Waals surface area contributed by atoms with Crippen molar-refractivity contribution in [2.75, 3.05) is 14.2 Å². The fraction of sp³-hybridized carbons (Fsp3) is 0.267. The monoisotopic (exact) mass is 331 g/mol. The molecule has 0 spiro atoms. The maximum atomic E-state index is 5.54. The molecule has 0 saturated heterocycles. The zero-order valence-electron chi connectivity index (χ0n) is 12.9. The Morgan fingerprint density at radius 2 is 2.09 bits per heavy atom. The predicted octanol–water partition coefficient (Wildman–Crippen LogP) is 1.93. The summed E-state index contributed by atoms with van der Waals surface area (Å²) < 4.78 is 12.4. The van der Waals surface area contributed by atoms with Crippen LogP contribution in [0.4, 0.5) is 0 Å². The molecule has 8 heteroatoms. The highest BCUT2D eigenvalue weighted by Gasteiger charge is 2.12. The molecule has 0 bridgehead atoms. The SMILES string of the molecule is COc1ccc(-c2nc(Cn3cc(CN)nn3)cs2)c(OC)c1. The van der Waals surface area contributed by atoms with Crippen molar-refractivity contribution in [1.82, 2.24) is 20.0 Å². The second-order valence-corrected chi connectivity index (χ2v) is 5.68. The number of benzene rings is 1. The van der Waals surface area contributed by atoms with Gasteiger partial charge in [-0.15, -0.1) is 16.4 Å². The van der Waals surface area contributed by atoms with Crippen LogP contribution >= 0.6 is 11.3 Å². The van der Waals surface area contributed by atoms with Crippen LogP contribution in [0.25, 0.3) is 10.6 Å². The summed E-state index contributed by atoms with van der Waals surface area (Å²) in [4.78, 5) is 4.65. The van der Waals surface area contributed by atoms with Crippen LogP contribution in [0.1, 0.15) is 11.4 Å². The average molecular weight is 331 g/mol. The van der Waals surface area contributed by atoms with Gasteiger partial charge in [-0.1, -0.05) is 5.21 Å². The molecule has 2 heterocycles. The number of ether oxygens (including phenoxy) is 2. The molecule has 0 aliphatic heterocycles. The van der Waals surface area contributed by atoms with Gasteiger partial charge in [0, 0.05) is 18.0 Å². The van der Waals surface area contributed by atoms with Gasteiger partial charge in [0.05, 0.1) is 43.9 Å². The van der Waals surface area contributed by atoms with E-state index in [0.29, 0.717) is 13.1 Å². The zero-order chi connectivity index (χ0) is 16.2. The van der Waals surface area contributed by atoms with Crippen molar-refractivity contribution in [3.63, 3.8) is 0 Å². The Balaban J connectivity index is 1.84. The lowest BCUT2D eigenvalue weighted by Gasteiger charge is -2.08. The summed E-state index contributed by atoms with van der Waals surface area (Å²) in [5, 5.41) is 10.9. The van der Waals surface area contributed by atoms with Crippen molar-refractivity contribution in [1.29, 1.82) is 0 Å². The molecule has 0 aliphatic rings. The Hall–Kier alpha value is -2.45. The van der Waals surface area contributed by atoms with Crippen molar-refractivity contribution in [3.8, 4) is 22.1 Å². The number of methoxy groups -OCH3 is 2. The minimum Gasteiger partial charge on any atom is -0.497 e. The molecule has 0 unspecified atom stereocenters. The van der Waals surface area contributed by atoms with Crippen LogP contribution in [-0.4, -0.2) is 34.2 Å². The number of aromatic nitrogens is 4. The van der Waals surface area contributed by atoms with Gasteiger partial charge in [-0.2, -0.15) is 0 Å². The molecule has 120 valence electrons. The Morgan fingerprint density at radius 1 is 1.22 bits per heavy atom. The van der Waals surface area contributed by atoms with Crippen LogP contribution in [0.2, 0.25) is 0 Å². The lowest BCUT2D eigenvalue weighted by molar-refractivity contribution is 0.395. The van der Waals surface area contributed by atoms with Gasteiger partial charge in [0.1, 0.15) is 16.5 Å². The minimum absolute atomic E-state index is 0.380. The summed E-state index contributed by atoms with van der Waals surface area (Å²) in [5.41, 5.74) is 8.15. The molecule has 1 aromatic carbocycles. The number of rotatable bonds is 6. The van der Waals surface area contributed by atoms with E-state index in [-0.39, 0.29) is 0 Å². The summed E-state index contributed by atoms with van der Waals surface area (Å²) >= 11 is 1.56. The Labute approximate surface area is 137 Å². The lowest BCUT2D eigenvalue weighted by Crippen LogP contribution is -2.01. The summed E-state index contributed by atoms with van der Waals surface area (Å²) in [7, 11) is 3.26. The molecule has 3 rings (SSSR count). The minimum atomic E-state index is 0.380. The van der Waals surface area contributed by atoms with Gasteiger partial charge in [0.15, 0.2) is 0 Å². The largest absolute Gasteiger partial charge is 0.497 e. The first-order valence-corrected chi connectivity index (χ1v) is 7.87. The molecule has 0 aliphatic carbocycles. The molecular formula is C15H17N5O2S. The maximum Gasteiger partial charge on any atom is 0.132 e. The van der Waals surface area contributed by atoms with E-state index in [2.05, 4.69) is 15.3 Å². The molecule has 0 radical (unpaired) electrons. The van der Waals surface area contributed by atoms with Gasteiger partial charge in [0.25, 0.3) is 0 Å². The van der Waals surface area contributed by atoms with E-state index in [4.69, 9.17) is 15.2 Å². The summed E-state index contributed by atoms with van der Waals surface area (Å²) in [6.07, 6.45) is 1.83. The van der Waals surface area contributed by atoms with Crippen molar-refractivity contribution >= 4 is 11.3 Å². The fourth-order valence-electron chi connectivity index (χ4n) is 2.15. The first kappa shape index (κ1) is 15.4. The molecule has 0 atom stereocenters. The molecule has 0 fully saturated rings. The Morgan fingerprint density at radius 3 is 2.78 bits per heavy atom. The summed E-state index contributed by atoms with van der Waals surface area (Å²) in [5.74, 6) is 1.48. The normalized spacial score (nSPS) is 10.7. The van der Waals surface area contributed by atoms with E-state index >= 15 is 0 Å². The third kappa shape index (κ3) is 3.33. The standard InChI is InChI=1S/C15H17N5O2S/c1-21-12-3-4-13(14(5-12)22-2)15-17-11(9-23-15)8-20-7-10(6-16)18-19-20/h3-5,7,9H,6,8,16H2,1-2H3. The van der Waals surface area contributed by atoms with Crippen LogP contribution in [0.15, 0.2) is 29.8 Å². The van der Waals surface area contributed by atoms with Crippen LogP contribution in [0.5, 0.6) is 11.5 Å². The summed E-state index contributed by atoms with van der Waals surface area (Å²) in [6.45, 7) is 0.938. The molecular weight excluding hydrogens is 314 g/mol. The van der Waals surface area contributed by atoms with Gasteiger partial charge in [0.2, 0.25) is 0 Å². The van der Waals surface area contributed by atoms with Gasteiger partial charge in [-0.25, -0.2) is 9.67 Å². The highest BCUT2D eigenvalue weighted by atomic mass is 32.1. The van der Waals surface area contributed by atoms with E-state index in [1.54, 1.807) is 30.2 Å². The fourth-order valence-corrected chi connectivity index (χ4v) is 2.99. The van der Waals surface area contributed by atoms with Crippen molar-refractivity contribution in [2.24, 2.45) is 5.73 Å². The van der Waals surface area contributed by atoms with E-state index in [0.717, 1.165) is 33.5 Å². The first-order chi connectivity index (χ1) is 11.2. The van der Waals surface area contributed by atoms with E-state index in [1.807, 2.05) is 29.8 Å². The number of nitrogens with zero attached hydrogens (tertiary/aromatic N) is 4. The number of thiazole rings is 1. The highest BCUT2D eigenvalue weighted by Crippen LogP contribution is 2.35. The molecule has 7 nitrogen and oxygen atoms in total. The Kier molecular flexibility index (Phi) is 4.54. The third-order valence-corrected chi connectivity index (χ3v) is 4.23. The van der Waals surface area contributed by atoms with Crippen molar-refractivity contribution < 1.29 is 9.47 Å². The maximum absolute atomic E-state index is 5.54. The van der Waals surface area contributed by atoms with E-state index in [1.165, 1.54) is 0 Å². The van der Waals surface area contributed by atoms with Gasteiger partial charge in [-0.05, 0) is 12.1 Å². The number of hydrogen-bond donors (Lipinski definition) is 1. The summed E-state index contributed by atoms with van der Waals surface area (Å²) in [6, 6.07) is 5.69. The molecule has 2 N–H and O–H groups in total. The molecule has 0 amide bonds. The van der Waals surface area contributed by atoms with E-state index < -0.39 is 0 Å². The smallest absolute Gasteiger partial charge is 0.132 e. The van der Waals surface area contributed by atoms with Crippen LogP contribution in [0, 0.1) is 0 Å². The van der Waals surface area contributed by atoms with E-state index in [9.17, 15) is 0 Å². The van der Waals surface area contributed by atoms with Crippen molar-refractivity contribution in [2.45, 2.75) is 13.1 Å². The molecule has 23 heavy (non-hydrogen) atoms. The molecule has 2 aromatic heterocycles. The third-order valence-electron chi connectivity index (χ3n) is 3.31. The highest BCUT2D eigenvalue weighted by molar-refractivity contribution is 7.13. The quantitative estimate of drug-likeness (QED) is 0.742. The Bertz CT molecular complexity index is 799. The van der Waals surface area contributed by atoms with Gasteiger partial charge >= 0.3 is 0 Å². The zero-order valence-corrected chi connectivity index (χ0v) is 13.7. The second kappa shape index (κ2) is 6.76. The topological polar surface area (TPSA) is 88.1 Å². The molecule has 0 saturated carbocycles. The van der Waals surface area contributed by atoms with Gasteiger partial charge in [-0.3, -0.25) is 0 Å². The first-order valence-electron chi connectivity index (χ1n) is 6.99. The lowest BCUT2D eigenvalue weighted by atomic mass is 10.2. The number of hydrogen-bond acceptors (Lipinski definition) is 7. The predicted molar refractivity (Wildman–Crippen MR) is 87.7 cm³/mol. The second-order valence-electron chi connectivity index (χ2n) is 4.82. The van der Waals surface area contributed by atoms with Gasteiger partial charge < -0.3 is 15.2 Å². The van der Waals surface area contributed by atoms with Crippen LogP contribution < -0.4 is 15.2 Å². The van der Waals surface area contributed by atoms with Crippen LogP contribution in [0.3, 0.4) is 0 Å². The molecule has 3 aromatic rings. The number of nitrogens with two attached hydrogens (primary N) is 1.